The molecule has 1 saturated carbocycles. The molecule has 0 amide bonds. The monoisotopic (exact) mass is 297 g/mol. The zero-order valence-electron chi connectivity index (χ0n) is 12.6. The van der Waals surface area contributed by atoms with E-state index in [1.54, 1.807) is 6.07 Å². The smallest absolute Gasteiger partial charge is 0.124 e. The number of benzene rings is 1. The first-order chi connectivity index (χ1) is 9.32. The van der Waals surface area contributed by atoms with Crippen molar-refractivity contribution < 1.29 is 4.39 Å². The number of hydrogen-bond donors (Lipinski definition) is 1. The Morgan fingerprint density at radius 2 is 2.10 bits per heavy atom. The molecule has 1 fully saturated rings. The third-order valence-electron chi connectivity index (χ3n) is 4.78. The van der Waals surface area contributed by atoms with E-state index in [9.17, 15) is 4.39 Å². The summed E-state index contributed by atoms with van der Waals surface area (Å²) < 4.78 is 13.2. The molecule has 0 spiro atoms. The summed E-state index contributed by atoms with van der Waals surface area (Å²) in [6.45, 7) is 6.76. The van der Waals surface area contributed by atoms with Gasteiger partial charge in [-0.3, -0.25) is 0 Å². The van der Waals surface area contributed by atoms with Gasteiger partial charge in [0.15, 0.2) is 0 Å². The molecule has 0 heterocycles. The summed E-state index contributed by atoms with van der Waals surface area (Å²) >= 11 is 6.18. The van der Waals surface area contributed by atoms with Crippen molar-refractivity contribution in [1.82, 2.24) is 0 Å². The van der Waals surface area contributed by atoms with Crippen LogP contribution in [0.25, 0.3) is 0 Å². The normalized spacial score (nSPS) is 30.8. The largest absolute Gasteiger partial charge is 0.325 e. The maximum absolute atomic E-state index is 13.2. The van der Waals surface area contributed by atoms with E-state index in [1.807, 2.05) is 0 Å². The van der Waals surface area contributed by atoms with Gasteiger partial charge >= 0.3 is 0 Å². The van der Waals surface area contributed by atoms with Gasteiger partial charge in [0.1, 0.15) is 5.82 Å². The van der Waals surface area contributed by atoms with E-state index in [1.165, 1.54) is 25.0 Å². The molecule has 0 radical (unpaired) electrons. The summed E-state index contributed by atoms with van der Waals surface area (Å²) in [4.78, 5) is 0. The highest BCUT2D eigenvalue weighted by Crippen LogP contribution is 2.42. The minimum atomic E-state index is -0.290. The molecule has 0 aromatic heterocycles. The Morgan fingerprint density at radius 3 is 2.70 bits per heavy atom. The fraction of sp³-hybridized carbons (Fsp3) is 0.647. The van der Waals surface area contributed by atoms with Crippen molar-refractivity contribution in [3.63, 3.8) is 0 Å². The van der Waals surface area contributed by atoms with Crippen LogP contribution in [0.2, 0.25) is 5.02 Å². The second kappa shape index (κ2) is 6.03. The maximum Gasteiger partial charge on any atom is 0.124 e. The molecular weight excluding hydrogens is 273 g/mol. The minimum absolute atomic E-state index is 0.229. The van der Waals surface area contributed by atoms with Crippen molar-refractivity contribution in [3.05, 3.63) is 34.6 Å². The molecule has 0 aliphatic heterocycles. The van der Waals surface area contributed by atoms with Gasteiger partial charge in [-0.1, -0.05) is 44.9 Å². The summed E-state index contributed by atoms with van der Waals surface area (Å²) in [5.41, 5.74) is 7.52. The van der Waals surface area contributed by atoms with Gasteiger partial charge in [0, 0.05) is 10.6 Å². The number of hydrogen-bond acceptors (Lipinski definition) is 1. The molecular formula is C17H25ClFN. The lowest BCUT2D eigenvalue weighted by atomic mass is 9.63. The first kappa shape index (κ1) is 15.8. The van der Waals surface area contributed by atoms with Gasteiger partial charge in [-0.15, -0.1) is 0 Å². The van der Waals surface area contributed by atoms with Gasteiger partial charge in [0.05, 0.1) is 0 Å². The molecule has 1 aromatic rings. The number of rotatable bonds is 3. The average Bonchev–Trinajstić information content (AvgIpc) is 2.32. The number of halogens is 2. The topological polar surface area (TPSA) is 26.0 Å². The SMILES string of the molecule is CC1CCC(C(C)C)C(N)(Cc2ccc(F)cc2Cl)C1. The van der Waals surface area contributed by atoms with Crippen LogP contribution in [-0.2, 0) is 6.42 Å². The zero-order valence-corrected chi connectivity index (χ0v) is 13.4. The van der Waals surface area contributed by atoms with Crippen LogP contribution in [-0.4, -0.2) is 5.54 Å². The highest BCUT2D eigenvalue weighted by Gasteiger charge is 2.41. The Hall–Kier alpha value is -0.600. The molecule has 1 aliphatic carbocycles. The summed E-state index contributed by atoms with van der Waals surface area (Å²) in [5, 5.41) is 0.496. The van der Waals surface area contributed by atoms with Crippen LogP contribution in [0.5, 0.6) is 0 Å². The summed E-state index contributed by atoms with van der Waals surface area (Å²) in [6, 6.07) is 4.64. The fourth-order valence-electron chi connectivity index (χ4n) is 3.87. The molecule has 0 saturated heterocycles. The minimum Gasteiger partial charge on any atom is -0.325 e. The van der Waals surface area contributed by atoms with Gasteiger partial charge < -0.3 is 5.73 Å². The first-order valence-electron chi connectivity index (χ1n) is 7.54. The Morgan fingerprint density at radius 1 is 1.40 bits per heavy atom. The second-order valence-electron chi connectivity index (χ2n) is 6.88. The molecule has 2 rings (SSSR count). The molecule has 0 bridgehead atoms. The van der Waals surface area contributed by atoms with E-state index in [-0.39, 0.29) is 11.4 Å². The maximum atomic E-state index is 13.2. The van der Waals surface area contributed by atoms with E-state index in [0.29, 0.717) is 22.8 Å². The Balaban J connectivity index is 2.26. The molecule has 3 heteroatoms. The van der Waals surface area contributed by atoms with Crippen molar-refractivity contribution in [1.29, 1.82) is 0 Å². The zero-order chi connectivity index (χ0) is 14.9. The molecule has 3 atom stereocenters. The van der Waals surface area contributed by atoms with Gasteiger partial charge in [-0.25, -0.2) is 4.39 Å². The lowest BCUT2D eigenvalue weighted by Crippen LogP contribution is -2.54. The van der Waals surface area contributed by atoms with E-state index in [4.69, 9.17) is 17.3 Å². The summed E-state index contributed by atoms with van der Waals surface area (Å²) in [5.74, 6) is 1.42. The van der Waals surface area contributed by atoms with E-state index in [2.05, 4.69) is 20.8 Å². The third-order valence-corrected chi connectivity index (χ3v) is 5.13. The van der Waals surface area contributed by atoms with E-state index >= 15 is 0 Å². The molecule has 20 heavy (non-hydrogen) atoms. The van der Waals surface area contributed by atoms with Crippen molar-refractivity contribution in [2.24, 2.45) is 23.5 Å². The number of nitrogens with two attached hydrogens (primary N) is 1. The predicted octanol–water partition coefficient (Wildman–Crippen LogP) is 4.81. The lowest BCUT2D eigenvalue weighted by molar-refractivity contribution is 0.109. The molecule has 3 unspecified atom stereocenters. The Kier molecular flexibility index (Phi) is 4.76. The molecule has 112 valence electrons. The first-order valence-corrected chi connectivity index (χ1v) is 7.92. The second-order valence-corrected chi connectivity index (χ2v) is 7.29. The van der Waals surface area contributed by atoms with Gasteiger partial charge in [-0.2, -0.15) is 0 Å². The standard InChI is InChI=1S/C17H25ClFN/c1-11(2)15-7-4-12(3)9-17(15,20)10-13-5-6-14(19)8-16(13)18/h5-6,8,11-12,15H,4,7,9-10,20H2,1-3H3. The third kappa shape index (κ3) is 3.35. The summed E-state index contributed by atoms with van der Waals surface area (Å²) in [6.07, 6.45) is 4.18. The van der Waals surface area contributed by atoms with Crippen molar-refractivity contribution in [2.45, 2.75) is 52.0 Å². The predicted molar refractivity (Wildman–Crippen MR) is 83.4 cm³/mol. The van der Waals surface area contributed by atoms with Crippen LogP contribution in [0, 0.1) is 23.6 Å². The molecule has 1 aromatic carbocycles. The highest BCUT2D eigenvalue weighted by molar-refractivity contribution is 6.31. The van der Waals surface area contributed by atoms with Gasteiger partial charge in [-0.05, 0) is 54.7 Å². The van der Waals surface area contributed by atoms with Crippen molar-refractivity contribution in [2.75, 3.05) is 0 Å². The quantitative estimate of drug-likeness (QED) is 0.851. The van der Waals surface area contributed by atoms with Crippen LogP contribution in [0.3, 0.4) is 0 Å². The van der Waals surface area contributed by atoms with E-state index in [0.717, 1.165) is 18.4 Å². The summed E-state index contributed by atoms with van der Waals surface area (Å²) in [7, 11) is 0. The van der Waals surface area contributed by atoms with Crippen LogP contribution in [0.4, 0.5) is 4.39 Å². The molecule has 1 aliphatic rings. The Labute approximate surface area is 126 Å². The van der Waals surface area contributed by atoms with Crippen molar-refractivity contribution in [3.8, 4) is 0 Å². The van der Waals surface area contributed by atoms with Crippen LogP contribution in [0.1, 0.15) is 45.6 Å². The van der Waals surface area contributed by atoms with E-state index < -0.39 is 0 Å². The van der Waals surface area contributed by atoms with Crippen molar-refractivity contribution >= 4 is 11.6 Å². The fourth-order valence-corrected chi connectivity index (χ4v) is 4.11. The van der Waals surface area contributed by atoms with Crippen LogP contribution < -0.4 is 5.73 Å². The average molecular weight is 298 g/mol. The van der Waals surface area contributed by atoms with Gasteiger partial charge in [0.25, 0.3) is 0 Å². The lowest BCUT2D eigenvalue weighted by Gasteiger charge is -2.46. The Bertz CT molecular complexity index is 474. The van der Waals surface area contributed by atoms with Crippen LogP contribution in [0.15, 0.2) is 18.2 Å². The van der Waals surface area contributed by atoms with Gasteiger partial charge in [0.2, 0.25) is 0 Å². The molecule has 2 N–H and O–H groups in total. The molecule has 1 nitrogen and oxygen atoms in total. The van der Waals surface area contributed by atoms with Crippen LogP contribution >= 0.6 is 11.6 Å². The highest BCUT2D eigenvalue weighted by atomic mass is 35.5.